The zero-order valence-electron chi connectivity index (χ0n) is 11.9. The number of halogens is 2. The first-order valence-electron chi connectivity index (χ1n) is 6.26. The number of hydrogen-bond donors (Lipinski definition) is 1. The van der Waals surface area contributed by atoms with E-state index in [2.05, 4.69) is 5.32 Å². The Hall–Kier alpha value is -1.49. The molecule has 0 bridgehead atoms. The van der Waals surface area contributed by atoms with Crippen LogP contribution in [0.1, 0.15) is 27.7 Å². The van der Waals surface area contributed by atoms with Gasteiger partial charge >= 0.3 is 6.09 Å². The second-order valence-corrected chi connectivity index (χ2v) is 4.91. The summed E-state index contributed by atoms with van der Waals surface area (Å²) < 4.78 is 24.1. The van der Waals surface area contributed by atoms with Crippen LogP contribution >= 0.6 is 11.6 Å². The fraction of sp³-hybridized carbons (Fsp3) is 0.429. The Labute approximate surface area is 123 Å². The third kappa shape index (κ3) is 4.89. The highest BCUT2D eigenvalue weighted by Crippen LogP contribution is 2.31. The molecule has 0 aliphatic heterocycles. The van der Waals surface area contributed by atoms with Crippen molar-refractivity contribution in [1.82, 2.24) is 0 Å². The molecule has 1 radical (unpaired) electrons. The van der Waals surface area contributed by atoms with E-state index in [1.165, 1.54) is 6.07 Å². The number of benzene rings is 1. The number of amides is 1. The summed E-state index contributed by atoms with van der Waals surface area (Å²) in [6, 6.07) is 2.42. The Balaban J connectivity index is 2.86. The molecule has 0 aliphatic rings. The number of ether oxygens (including phenoxy) is 2. The van der Waals surface area contributed by atoms with E-state index in [0.29, 0.717) is 5.75 Å². The average molecular weight is 303 g/mol. The van der Waals surface area contributed by atoms with Crippen molar-refractivity contribution in [1.29, 1.82) is 0 Å². The van der Waals surface area contributed by atoms with Gasteiger partial charge in [0.25, 0.3) is 0 Å². The third-order valence-electron chi connectivity index (χ3n) is 2.38. The highest BCUT2D eigenvalue weighted by molar-refractivity contribution is 6.32. The van der Waals surface area contributed by atoms with Crippen molar-refractivity contribution in [2.45, 2.75) is 39.9 Å². The summed E-state index contributed by atoms with van der Waals surface area (Å²) >= 11 is 5.87. The standard InChI is InChI=1S/C14H18ClFNO3/c1-5-9(4)20-14(18)17-12-7-13(19-8(2)3)10(15)6-11(12)16/h5-9H,1-4H3,(H,17,18). The monoisotopic (exact) mass is 302 g/mol. The van der Waals surface area contributed by atoms with Gasteiger partial charge in [-0.25, -0.2) is 9.18 Å². The quantitative estimate of drug-likeness (QED) is 0.875. The molecule has 20 heavy (non-hydrogen) atoms. The van der Waals surface area contributed by atoms with Gasteiger partial charge in [-0.3, -0.25) is 5.32 Å². The number of rotatable bonds is 5. The van der Waals surface area contributed by atoms with E-state index in [1.54, 1.807) is 20.3 Å². The first kappa shape index (κ1) is 16.6. The molecule has 1 atom stereocenters. The van der Waals surface area contributed by atoms with Gasteiger partial charge in [-0.2, -0.15) is 0 Å². The second kappa shape index (κ2) is 7.33. The summed E-state index contributed by atoms with van der Waals surface area (Å²) in [7, 11) is 0. The van der Waals surface area contributed by atoms with Gasteiger partial charge in [-0.1, -0.05) is 18.5 Å². The van der Waals surface area contributed by atoms with Crippen molar-refractivity contribution < 1.29 is 18.7 Å². The van der Waals surface area contributed by atoms with Gasteiger partial charge in [0.2, 0.25) is 0 Å². The van der Waals surface area contributed by atoms with Gasteiger partial charge < -0.3 is 9.47 Å². The zero-order valence-corrected chi connectivity index (χ0v) is 12.6. The van der Waals surface area contributed by atoms with Crippen LogP contribution in [0.2, 0.25) is 5.02 Å². The molecule has 1 amide bonds. The normalized spacial score (nSPS) is 12.2. The van der Waals surface area contributed by atoms with Crippen LogP contribution in [-0.2, 0) is 4.74 Å². The summed E-state index contributed by atoms with van der Waals surface area (Å²) in [6.45, 7) is 7.10. The summed E-state index contributed by atoms with van der Waals surface area (Å²) in [5.41, 5.74) is -0.0432. The zero-order chi connectivity index (χ0) is 15.3. The van der Waals surface area contributed by atoms with E-state index < -0.39 is 11.9 Å². The van der Waals surface area contributed by atoms with Gasteiger partial charge in [0.05, 0.1) is 16.8 Å². The number of hydrogen-bond acceptors (Lipinski definition) is 3. The molecule has 0 saturated heterocycles. The van der Waals surface area contributed by atoms with E-state index in [4.69, 9.17) is 21.1 Å². The summed E-state index contributed by atoms with van der Waals surface area (Å²) in [5, 5.41) is 2.47. The summed E-state index contributed by atoms with van der Waals surface area (Å²) in [4.78, 5) is 11.6. The molecule has 0 saturated carbocycles. The van der Waals surface area contributed by atoms with Gasteiger partial charge in [0.15, 0.2) is 0 Å². The van der Waals surface area contributed by atoms with Gasteiger partial charge in [-0.05, 0) is 33.3 Å². The van der Waals surface area contributed by atoms with Crippen LogP contribution in [0.5, 0.6) is 5.75 Å². The molecule has 1 aromatic rings. The van der Waals surface area contributed by atoms with Crippen molar-refractivity contribution in [2.24, 2.45) is 0 Å². The molecule has 0 aliphatic carbocycles. The van der Waals surface area contributed by atoms with Crippen LogP contribution in [0.4, 0.5) is 14.9 Å². The first-order valence-corrected chi connectivity index (χ1v) is 6.64. The van der Waals surface area contributed by atoms with Gasteiger partial charge in [0, 0.05) is 6.07 Å². The van der Waals surface area contributed by atoms with Crippen molar-refractivity contribution in [2.75, 3.05) is 5.32 Å². The molecule has 1 rings (SSSR count). The van der Waals surface area contributed by atoms with Crippen LogP contribution in [-0.4, -0.2) is 18.3 Å². The minimum absolute atomic E-state index is 0.0432. The van der Waals surface area contributed by atoms with Crippen LogP contribution < -0.4 is 10.1 Å². The lowest BCUT2D eigenvalue weighted by Gasteiger charge is -2.15. The van der Waals surface area contributed by atoms with Crippen LogP contribution in [0.15, 0.2) is 12.1 Å². The summed E-state index contributed by atoms with van der Waals surface area (Å²) in [5.74, 6) is -0.357. The first-order chi connectivity index (χ1) is 9.33. The van der Waals surface area contributed by atoms with Gasteiger partial charge in [0.1, 0.15) is 17.7 Å². The lowest BCUT2D eigenvalue weighted by molar-refractivity contribution is 0.135. The van der Waals surface area contributed by atoms with Gasteiger partial charge in [-0.15, -0.1) is 0 Å². The maximum atomic E-state index is 13.7. The fourth-order valence-corrected chi connectivity index (χ4v) is 1.54. The minimum Gasteiger partial charge on any atom is -0.489 e. The molecule has 0 spiro atoms. The maximum Gasteiger partial charge on any atom is 0.411 e. The van der Waals surface area contributed by atoms with Crippen molar-refractivity contribution in [3.63, 3.8) is 0 Å². The fourth-order valence-electron chi connectivity index (χ4n) is 1.35. The molecule has 0 heterocycles. The molecule has 0 aromatic heterocycles. The molecule has 4 nitrogen and oxygen atoms in total. The second-order valence-electron chi connectivity index (χ2n) is 4.50. The largest absolute Gasteiger partial charge is 0.489 e. The Morgan fingerprint density at radius 1 is 1.40 bits per heavy atom. The van der Waals surface area contributed by atoms with E-state index in [0.717, 1.165) is 6.07 Å². The average Bonchev–Trinajstić information content (AvgIpc) is 2.34. The number of nitrogens with one attached hydrogen (secondary N) is 1. The predicted octanol–water partition coefficient (Wildman–Crippen LogP) is 4.43. The number of carbonyl (C=O) groups is 1. The van der Waals surface area contributed by atoms with E-state index in [-0.39, 0.29) is 22.9 Å². The molecule has 111 valence electrons. The van der Waals surface area contributed by atoms with Crippen LogP contribution in [0.25, 0.3) is 0 Å². The molecular weight excluding hydrogens is 285 g/mol. The SMILES string of the molecule is C[CH]C(C)OC(=O)Nc1cc(OC(C)C)c(Cl)cc1F. The third-order valence-corrected chi connectivity index (χ3v) is 2.68. The molecule has 1 unspecified atom stereocenters. The van der Waals surface area contributed by atoms with Crippen molar-refractivity contribution >= 4 is 23.4 Å². The highest BCUT2D eigenvalue weighted by atomic mass is 35.5. The maximum absolute atomic E-state index is 13.7. The molecule has 1 aromatic carbocycles. The van der Waals surface area contributed by atoms with E-state index in [9.17, 15) is 9.18 Å². The number of carbonyl (C=O) groups excluding carboxylic acids is 1. The van der Waals surface area contributed by atoms with Crippen LogP contribution in [0.3, 0.4) is 0 Å². The summed E-state index contributed by atoms with van der Waals surface area (Å²) in [6.07, 6.45) is 0.474. The Morgan fingerprint density at radius 2 is 2.05 bits per heavy atom. The molecule has 6 heteroatoms. The highest BCUT2D eigenvalue weighted by Gasteiger charge is 2.15. The lowest BCUT2D eigenvalue weighted by atomic mass is 10.2. The van der Waals surface area contributed by atoms with Crippen molar-refractivity contribution in [3.05, 3.63) is 29.4 Å². The Kier molecular flexibility index (Phi) is 6.07. The molecule has 0 fully saturated rings. The van der Waals surface area contributed by atoms with E-state index in [1.807, 2.05) is 13.8 Å². The van der Waals surface area contributed by atoms with E-state index >= 15 is 0 Å². The molecular formula is C14H18ClFNO3. The minimum atomic E-state index is -0.743. The lowest BCUT2D eigenvalue weighted by Crippen LogP contribution is -2.20. The van der Waals surface area contributed by atoms with Crippen molar-refractivity contribution in [3.8, 4) is 5.75 Å². The topological polar surface area (TPSA) is 47.6 Å². The Morgan fingerprint density at radius 3 is 2.60 bits per heavy atom. The number of anilines is 1. The molecule has 1 N–H and O–H groups in total. The Bertz CT molecular complexity index is 480. The predicted molar refractivity (Wildman–Crippen MR) is 76.7 cm³/mol. The smallest absolute Gasteiger partial charge is 0.411 e. The van der Waals surface area contributed by atoms with Crippen LogP contribution in [0, 0.1) is 12.2 Å².